The van der Waals surface area contributed by atoms with Crippen LogP contribution in [0, 0.1) is 13.8 Å². The number of benzene rings is 1. The Morgan fingerprint density at radius 3 is 2.42 bits per heavy atom. The van der Waals surface area contributed by atoms with E-state index in [4.69, 9.17) is 4.74 Å². The molecule has 7 nitrogen and oxygen atoms in total. The largest absolute Gasteiger partial charge is 0.368 e. The quantitative estimate of drug-likeness (QED) is 0.604. The van der Waals surface area contributed by atoms with Crippen LogP contribution in [0.5, 0.6) is 0 Å². The van der Waals surface area contributed by atoms with E-state index >= 15 is 0 Å². The molecule has 0 bridgehead atoms. The monoisotopic (exact) mass is 360 g/mol. The van der Waals surface area contributed by atoms with Crippen LogP contribution in [0.25, 0.3) is 0 Å². The molecule has 7 heteroatoms. The molecule has 2 rings (SSSR count). The van der Waals surface area contributed by atoms with Crippen LogP contribution in [0.4, 0.5) is 0 Å². The zero-order chi connectivity index (χ0) is 19.6. The fraction of sp³-hybridized carbons (Fsp3) is 0.421. The standard InChI is InChI=1S/C19H24N2O5/c1-10(2)15-16(17(23)14-7-6-11(3)8-12(14)4)21(9-26-13(5)22)19(25)20-18(15)24/h6-8,10,13,22H,9H2,1-5H3,(H,20,24,25). The molecule has 0 aliphatic rings. The number of aliphatic hydroxyl groups is 1. The van der Waals surface area contributed by atoms with Crippen molar-refractivity contribution < 1.29 is 14.6 Å². The van der Waals surface area contributed by atoms with Gasteiger partial charge >= 0.3 is 5.69 Å². The summed E-state index contributed by atoms with van der Waals surface area (Å²) in [5.41, 5.74) is 1.02. The van der Waals surface area contributed by atoms with E-state index in [1.807, 2.05) is 13.0 Å². The van der Waals surface area contributed by atoms with Crippen LogP contribution in [0.2, 0.25) is 0 Å². The number of aryl methyl sites for hydroxylation is 2. The van der Waals surface area contributed by atoms with Crippen molar-refractivity contribution in [3.8, 4) is 0 Å². The molecule has 1 heterocycles. The first-order valence-electron chi connectivity index (χ1n) is 8.42. The van der Waals surface area contributed by atoms with Gasteiger partial charge < -0.3 is 9.84 Å². The third-order valence-corrected chi connectivity index (χ3v) is 4.10. The molecule has 1 aromatic carbocycles. The third-order valence-electron chi connectivity index (χ3n) is 4.10. The predicted octanol–water partition coefficient (Wildman–Crippen LogP) is 1.82. The summed E-state index contributed by atoms with van der Waals surface area (Å²) >= 11 is 0. The highest BCUT2D eigenvalue weighted by molar-refractivity contribution is 6.09. The van der Waals surface area contributed by atoms with E-state index in [2.05, 4.69) is 4.98 Å². The number of aromatic nitrogens is 2. The predicted molar refractivity (Wildman–Crippen MR) is 97.5 cm³/mol. The van der Waals surface area contributed by atoms with Gasteiger partial charge in [0.2, 0.25) is 5.78 Å². The van der Waals surface area contributed by atoms with Crippen LogP contribution in [-0.4, -0.2) is 26.7 Å². The van der Waals surface area contributed by atoms with Gasteiger partial charge in [-0.15, -0.1) is 0 Å². The van der Waals surface area contributed by atoms with Crippen LogP contribution in [0.3, 0.4) is 0 Å². The summed E-state index contributed by atoms with van der Waals surface area (Å²) < 4.78 is 6.16. The second-order valence-electron chi connectivity index (χ2n) is 6.65. The zero-order valence-corrected chi connectivity index (χ0v) is 15.6. The maximum absolute atomic E-state index is 13.2. The summed E-state index contributed by atoms with van der Waals surface area (Å²) in [4.78, 5) is 40.1. The molecule has 1 atom stereocenters. The minimum absolute atomic E-state index is 0.0126. The number of hydrogen-bond donors (Lipinski definition) is 2. The first-order valence-corrected chi connectivity index (χ1v) is 8.42. The number of hydrogen-bond acceptors (Lipinski definition) is 5. The van der Waals surface area contributed by atoms with Crippen molar-refractivity contribution in [2.75, 3.05) is 0 Å². The highest BCUT2D eigenvalue weighted by Crippen LogP contribution is 2.20. The fourth-order valence-electron chi connectivity index (χ4n) is 2.87. The van der Waals surface area contributed by atoms with Gasteiger partial charge in [0.1, 0.15) is 12.4 Å². The Balaban J connectivity index is 2.76. The van der Waals surface area contributed by atoms with Gasteiger partial charge in [0, 0.05) is 11.1 Å². The van der Waals surface area contributed by atoms with E-state index in [0.717, 1.165) is 15.7 Å². The van der Waals surface area contributed by atoms with E-state index in [0.29, 0.717) is 5.56 Å². The Bertz CT molecular complexity index is 938. The van der Waals surface area contributed by atoms with Crippen LogP contribution >= 0.6 is 0 Å². The Kier molecular flexibility index (Phi) is 5.94. The lowest BCUT2D eigenvalue weighted by Crippen LogP contribution is -2.39. The van der Waals surface area contributed by atoms with E-state index < -0.39 is 23.3 Å². The van der Waals surface area contributed by atoms with Crippen molar-refractivity contribution in [1.82, 2.24) is 9.55 Å². The number of nitrogens with zero attached hydrogens (tertiary/aromatic N) is 1. The van der Waals surface area contributed by atoms with Crippen molar-refractivity contribution in [2.24, 2.45) is 0 Å². The number of carbonyl (C=O) groups excluding carboxylic acids is 1. The summed E-state index contributed by atoms with van der Waals surface area (Å²) in [5, 5.41) is 9.36. The second-order valence-corrected chi connectivity index (χ2v) is 6.65. The molecule has 1 aromatic heterocycles. The number of ether oxygens (including phenoxy) is 1. The summed E-state index contributed by atoms with van der Waals surface area (Å²) in [6.07, 6.45) is -1.12. The summed E-state index contributed by atoms with van der Waals surface area (Å²) in [6.45, 7) is 8.31. The van der Waals surface area contributed by atoms with E-state index in [1.54, 1.807) is 32.9 Å². The molecular formula is C19H24N2O5. The van der Waals surface area contributed by atoms with Gasteiger partial charge in [0.15, 0.2) is 6.29 Å². The van der Waals surface area contributed by atoms with Crippen molar-refractivity contribution in [3.05, 3.63) is 67.0 Å². The molecule has 2 N–H and O–H groups in total. The first-order chi connectivity index (χ1) is 12.1. The molecule has 0 spiro atoms. The molecular weight excluding hydrogens is 336 g/mol. The number of carbonyl (C=O) groups is 1. The Morgan fingerprint density at radius 2 is 1.88 bits per heavy atom. The van der Waals surface area contributed by atoms with Crippen molar-refractivity contribution in [1.29, 1.82) is 0 Å². The molecule has 0 aliphatic heterocycles. The van der Waals surface area contributed by atoms with Gasteiger partial charge in [-0.2, -0.15) is 0 Å². The maximum Gasteiger partial charge on any atom is 0.330 e. The number of rotatable bonds is 6. The van der Waals surface area contributed by atoms with E-state index in [9.17, 15) is 19.5 Å². The van der Waals surface area contributed by atoms with Crippen LogP contribution in [0.1, 0.15) is 59.4 Å². The van der Waals surface area contributed by atoms with Crippen LogP contribution in [-0.2, 0) is 11.5 Å². The second kappa shape index (κ2) is 7.80. The van der Waals surface area contributed by atoms with Crippen molar-refractivity contribution in [3.63, 3.8) is 0 Å². The van der Waals surface area contributed by atoms with Gasteiger partial charge in [0.05, 0.1) is 0 Å². The average molecular weight is 360 g/mol. The van der Waals surface area contributed by atoms with Crippen LogP contribution < -0.4 is 11.2 Å². The zero-order valence-electron chi connectivity index (χ0n) is 15.6. The van der Waals surface area contributed by atoms with Crippen molar-refractivity contribution in [2.45, 2.75) is 53.6 Å². The summed E-state index contributed by atoms with van der Waals surface area (Å²) in [6, 6.07) is 5.35. The van der Waals surface area contributed by atoms with E-state index in [1.165, 1.54) is 6.92 Å². The topological polar surface area (TPSA) is 101 Å². The molecule has 0 saturated heterocycles. The number of nitrogens with one attached hydrogen (secondary N) is 1. The van der Waals surface area contributed by atoms with Gasteiger partial charge in [-0.05, 0) is 32.3 Å². The number of ketones is 1. The van der Waals surface area contributed by atoms with Gasteiger partial charge in [-0.3, -0.25) is 19.1 Å². The van der Waals surface area contributed by atoms with Gasteiger partial charge in [-0.1, -0.05) is 37.6 Å². The lowest BCUT2D eigenvalue weighted by molar-refractivity contribution is -0.114. The Morgan fingerprint density at radius 1 is 1.23 bits per heavy atom. The molecule has 1 unspecified atom stereocenters. The van der Waals surface area contributed by atoms with Crippen LogP contribution in [0.15, 0.2) is 27.8 Å². The van der Waals surface area contributed by atoms with Crippen molar-refractivity contribution >= 4 is 5.78 Å². The highest BCUT2D eigenvalue weighted by atomic mass is 16.6. The van der Waals surface area contributed by atoms with E-state index in [-0.39, 0.29) is 23.9 Å². The number of aromatic amines is 1. The first kappa shape index (κ1) is 19.8. The smallest absolute Gasteiger partial charge is 0.330 e. The molecule has 26 heavy (non-hydrogen) atoms. The maximum atomic E-state index is 13.2. The minimum Gasteiger partial charge on any atom is -0.368 e. The lowest BCUT2D eigenvalue weighted by Gasteiger charge is -2.18. The molecule has 0 fully saturated rings. The molecule has 0 radical (unpaired) electrons. The minimum atomic E-state index is -1.12. The average Bonchev–Trinajstić information content (AvgIpc) is 2.52. The third kappa shape index (κ3) is 4.00. The lowest BCUT2D eigenvalue weighted by atomic mass is 9.94. The highest BCUT2D eigenvalue weighted by Gasteiger charge is 2.25. The Labute approximate surface area is 151 Å². The molecule has 0 saturated carbocycles. The number of H-pyrrole nitrogens is 1. The Hall–Kier alpha value is -2.51. The molecule has 2 aromatic rings. The SMILES string of the molecule is Cc1ccc(C(=O)c2c(C(C)C)c(=O)[nH]c(=O)n2COC(C)O)c(C)c1. The summed E-state index contributed by atoms with van der Waals surface area (Å²) in [5.74, 6) is -0.717. The summed E-state index contributed by atoms with van der Waals surface area (Å²) in [7, 11) is 0. The van der Waals surface area contributed by atoms with Gasteiger partial charge in [0.25, 0.3) is 5.56 Å². The molecule has 0 aliphatic carbocycles. The van der Waals surface area contributed by atoms with Gasteiger partial charge in [-0.25, -0.2) is 4.79 Å². The fourth-order valence-corrected chi connectivity index (χ4v) is 2.87. The normalized spacial score (nSPS) is 12.4. The molecule has 0 amide bonds. The number of aliphatic hydroxyl groups excluding tert-OH is 1. The molecule has 140 valence electrons.